The van der Waals surface area contributed by atoms with Gasteiger partial charge >= 0.3 is 0 Å². The Bertz CT molecular complexity index is 888. The Kier molecular flexibility index (Phi) is 5.81. The van der Waals surface area contributed by atoms with E-state index in [4.69, 9.17) is 4.74 Å². The van der Waals surface area contributed by atoms with E-state index in [1.54, 1.807) is 0 Å². The number of para-hydroxylation sites is 1. The summed E-state index contributed by atoms with van der Waals surface area (Å²) in [6.45, 7) is 8.70. The van der Waals surface area contributed by atoms with Crippen LogP contribution in [0.5, 0.6) is 0 Å². The topological polar surface area (TPSA) is 49.7 Å². The van der Waals surface area contributed by atoms with Crippen LogP contribution < -0.4 is 5.32 Å². The smallest absolute Gasteiger partial charge is 0.240 e. The summed E-state index contributed by atoms with van der Waals surface area (Å²) in [6.07, 6.45) is 7.19. The van der Waals surface area contributed by atoms with Gasteiger partial charge in [-0.2, -0.15) is 0 Å². The molecule has 0 aliphatic carbocycles. The van der Waals surface area contributed by atoms with E-state index in [1.807, 2.05) is 0 Å². The van der Waals surface area contributed by atoms with Crippen molar-refractivity contribution in [3.05, 3.63) is 36.0 Å². The fraction of sp³-hybridized carbons (Fsp3) is 0.625. The van der Waals surface area contributed by atoms with Gasteiger partial charge in [-0.3, -0.25) is 14.6 Å². The highest BCUT2D eigenvalue weighted by Gasteiger charge is 2.34. The van der Waals surface area contributed by atoms with Gasteiger partial charge in [-0.25, -0.2) is 0 Å². The number of hydrogen-bond donors (Lipinski definition) is 1. The Hall–Kier alpha value is -1.89. The summed E-state index contributed by atoms with van der Waals surface area (Å²) in [5.41, 5.74) is 2.47. The normalized spacial score (nSPS) is 27.6. The quantitative estimate of drug-likeness (QED) is 0.795. The van der Waals surface area contributed by atoms with Gasteiger partial charge in [0.05, 0.1) is 6.10 Å². The Morgan fingerprint density at radius 3 is 2.97 bits per heavy atom. The lowest BCUT2D eigenvalue weighted by Crippen LogP contribution is -2.54. The summed E-state index contributed by atoms with van der Waals surface area (Å²) in [6, 6.07) is 9.78. The average Bonchev–Trinajstić information content (AvgIpc) is 3.48. The molecule has 3 saturated heterocycles. The number of amides is 1. The van der Waals surface area contributed by atoms with Crippen molar-refractivity contribution < 1.29 is 9.53 Å². The third kappa shape index (κ3) is 4.13. The van der Waals surface area contributed by atoms with Crippen LogP contribution in [0.25, 0.3) is 10.9 Å². The number of fused-ring (bicyclic) bond motifs is 2. The Balaban J connectivity index is 1.29. The number of carbonyl (C=O) groups is 1. The number of hydrogen-bond acceptors (Lipinski definition) is 4. The molecule has 1 aromatic carbocycles. The van der Waals surface area contributed by atoms with Crippen LogP contribution in [0.1, 0.15) is 38.2 Å². The third-order valence-electron chi connectivity index (χ3n) is 7.18. The molecule has 3 aliphatic rings. The molecule has 3 atom stereocenters. The predicted octanol–water partition coefficient (Wildman–Crippen LogP) is 2.61. The molecule has 162 valence electrons. The van der Waals surface area contributed by atoms with Crippen molar-refractivity contribution in [2.45, 2.75) is 63.9 Å². The monoisotopic (exact) mass is 410 g/mol. The number of aromatic nitrogens is 1. The predicted molar refractivity (Wildman–Crippen MR) is 118 cm³/mol. The van der Waals surface area contributed by atoms with Crippen LogP contribution in [0.3, 0.4) is 0 Å². The lowest BCUT2D eigenvalue weighted by Gasteiger charge is -2.42. The minimum Gasteiger partial charge on any atom is -0.376 e. The maximum absolute atomic E-state index is 12.6. The molecule has 0 radical (unpaired) electrons. The number of carbonyl (C=O) groups excluding carboxylic acids is 1. The number of benzene rings is 1. The lowest BCUT2D eigenvalue weighted by atomic mass is 10.1. The second-order valence-corrected chi connectivity index (χ2v) is 9.31. The maximum atomic E-state index is 12.6. The van der Waals surface area contributed by atoms with Crippen LogP contribution in [-0.2, 0) is 22.6 Å². The summed E-state index contributed by atoms with van der Waals surface area (Å²) >= 11 is 0. The highest BCUT2D eigenvalue weighted by molar-refractivity contribution is 5.86. The second-order valence-electron chi connectivity index (χ2n) is 9.31. The molecule has 0 unspecified atom stereocenters. The molecule has 1 amide bonds. The molecule has 0 spiro atoms. The molecular formula is C24H34N4O2. The van der Waals surface area contributed by atoms with Gasteiger partial charge in [-0.15, -0.1) is 0 Å². The number of ether oxygens (including phenoxy) is 1. The van der Waals surface area contributed by atoms with Crippen LogP contribution >= 0.6 is 0 Å². The van der Waals surface area contributed by atoms with E-state index < -0.39 is 0 Å². The molecule has 5 rings (SSSR count). The Morgan fingerprint density at radius 1 is 1.20 bits per heavy atom. The van der Waals surface area contributed by atoms with E-state index in [0.29, 0.717) is 19.1 Å². The largest absolute Gasteiger partial charge is 0.376 e. The maximum Gasteiger partial charge on any atom is 0.240 e. The Labute approximate surface area is 179 Å². The molecule has 0 bridgehead atoms. The highest BCUT2D eigenvalue weighted by Crippen LogP contribution is 2.28. The molecule has 1 N–H and O–H groups in total. The van der Waals surface area contributed by atoms with Gasteiger partial charge in [0.15, 0.2) is 0 Å². The first-order valence-electron chi connectivity index (χ1n) is 11.6. The van der Waals surface area contributed by atoms with Gasteiger partial charge in [-0.05, 0) is 50.8 Å². The van der Waals surface area contributed by atoms with Gasteiger partial charge < -0.3 is 14.6 Å². The molecule has 3 aliphatic heterocycles. The number of rotatable bonds is 6. The van der Waals surface area contributed by atoms with Crippen molar-refractivity contribution in [2.75, 3.05) is 32.8 Å². The molecular weight excluding hydrogens is 376 g/mol. The van der Waals surface area contributed by atoms with E-state index in [-0.39, 0.29) is 12.0 Å². The standard InChI is InChI=1S/C24H34N4O2/c1-18-13-26-10-4-6-20(26)16-27(18)14-19-15-28(23-9-3-2-8-22(19)23)17-24(29)25-12-21-7-5-11-30-21/h2-3,8-9,15,18,20-21H,4-7,10-14,16-17H2,1H3,(H,25,29)/t18-,20+,21+/m1/s1. The molecule has 30 heavy (non-hydrogen) atoms. The third-order valence-corrected chi connectivity index (χ3v) is 7.18. The first-order chi connectivity index (χ1) is 14.7. The first kappa shape index (κ1) is 20.0. The summed E-state index contributed by atoms with van der Waals surface area (Å²) in [4.78, 5) is 17.9. The lowest BCUT2D eigenvalue weighted by molar-refractivity contribution is -0.122. The number of nitrogens with zero attached hydrogens (tertiary/aromatic N) is 3. The summed E-state index contributed by atoms with van der Waals surface area (Å²) in [7, 11) is 0. The minimum atomic E-state index is 0.0609. The van der Waals surface area contributed by atoms with Gasteiger partial charge in [0.1, 0.15) is 6.54 Å². The fourth-order valence-corrected chi connectivity index (χ4v) is 5.51. The van der Waals surface area contributed by atoms with Crippen molar-refractivity contribution in [2.24, 2.45) is 0 Å². The molecule has 1 aromatic heterocycles. The SMILES string of the molecule is C[C@@H]1CN2CCC[C@H]2CN1Cc1cn(CC(=O)NC[C@@H]2CCCO2)c2ccccc12. The van der Waals surface area contributed by atoms with Crippen LogP contribution in [0, 0.1) is 0 Å². The van der Waals surface area contributed by atoms with Crippen LogP contribution in [0.4, 0.5) is 0 Å². The molecule has 3 fully saturated rings. The van der Waals surface area contributed by atoms with Gasteiger partial charge in [0.2, 0.25) is 5.91 Å². The van der Waals surface area contributed by atoms with E-state index in [2.05, 4.69) is 57.1 Å². The Morgan fingerprint density at radius 2 is 2.10 bits per heavy atom. The minimum absolute atomic E-state index is 0.0609. The molecule has 0 saturated carbocycles. The van der Waals surface area contributed by atoms with E-state index in [9.17, 15) is 4.79 Å². The summed E-state index contributed by atoms with van der Waals surface area (Å²) in [5.74, 6) is 0.0609. The van der Waals surface area contributed by atoms with Crippen molar-refractivity contribution in [3.63, 3.8) is 0 Å². The van der Waals surface area contributed by atoms with Crippen molar-refractivity contribution in [1.82, 2.24) is 19.7 Å². The zero-order valence-electron chi connectivity index (χ0n) is 18.1. The van der Waals surface area contributed by atoms with Crippen LogP contribution in [-0.4, -0.2) is 71.2 Å². The van der Waals surface area contributed by atoms with Crippen molar-refractivity contribution in [1.29, 1.82) is 0 Å². The first-order valence-corrected chi connectivity index (χ1v) is 11.6. The summed E-state index contributed by atoms with van der Waals surface area (Å²) in [5, 5.41) is 4.33. The van der Waals surface area contributed by atoms with E-state index >= 15 is 0 Å². The zero-order valence-corrected chi connectivity index (χ0v) is 18.1. The molecule has 6 nitrogen and oxygen atoms in total. The van der Waals surface area contributed by atoms with E-state index in [0.717, 1.165) is 44.1 Å². The highest BCUT2D eigenvalue weighted by atomic mass is 16.5. The van der Waals surface area contributed by atoms with Crippen molar-refractivity contribution in [3.8, 4) is 0 Å². The second kappa shape index (κ2) is 8.69. The molecule has 4 heterocycles. The molecule has 2 aromatic rings. The van der Waals surface area contributed by atoms with Crippen LogP contribution in [0.15, 0.2) is 30.5 Å². The zero-order chi connectivity index (χ0) is 20.5. The van der Waals surface area contributed by atoms with Gasteiger partial charge in [0.25, 0.3) is 0 Å². The summed E-state index contributed by atoms with van der Waals surface area (Å²) < 4.78 is 7.74. The average molecular weight is 411 g/mol. The number of piperazine rings is 1. The van der Waals surface area contributed by atoms with Gasteiger partial charge in [-0.1, -0.05) is 18.2 Å². The van der Waals surface area contributed by atoms with Gasteiger partial charge in [0, 0.05) is 62.0 Å². The van der Waals surface area contributed by atoms with E-state index in [1.165, 1.54) is 36.9 Å². The van der Waals surface area contributed by atoms with Crippen LogP contribution in [0.2, 0.25) is 0 Å². The van der Waals surface area contributed by atoms with Crippen molar-refractivity contribution >= 4 is 16.8 Å². The fourth-order valence-electron chi connectivity index (χ4n) is 5.51. The number of nitrogens with one attached hydrogen (secondary N) is 1. The molecule has 6 heteroatoms.